The molecule has 0 saturated heterocycles. The zero-order chi connectivity index (χ0) is 16.4. The minimum absolute atomic E-state index is 0.183. The molecule has 120 valence electrons. The number of carbonyl (C=O) groups excluding carboxylic acids is 2. The van der Waals surface area contributed by atoms with Gasteiger partial charge in [0.05, 0.1) is 25.5 Å². The Bertz CT molecular complexity index is 509. The van der Waals surface area contributed by atoms with Gasteiger partial charge in [-0.25, -0.2) is 0 Å². The summed E-state index contributed by atoms with van der Waals surface area (Å²) in [5.74, 6) is -1.85. The fraction of sp³-hybridized carbons (Fsp3) is 0.438. The first-order valence-electron chi connectivity index (χ1n) is 7.22. The molecule has 1 aromatic carbocycles. The summed E-state index contributed by atoms with van der Waals surface area (Å²) in [7, 11) is 0. The standard InChI is InChI=1S/C16H21NO5/c1-4-20-13-9-7-8-12(10-13)17-11-14(15(18)21-5-2)16(19)22-6-3/h7-11,14H,4-6H2,1-3H3. The topological polar surface area (TPSA) is 74.2 Å². The third kappa shape index (κ3) is 5.55. The van der Waals surface area contributed by atoms with Crippen molar-refractivity contribution in [2.45, 2.75) is 20.8 Å². The van der Waals surface area contributed by atoms with E-state index >= 15 is 0 Å². The summed E-state index contributed by atoms with van der Waals surface area (Å²) in [5, 5.41) is 0. The summed E-state index contributed by atoms with van der Waals surface area (Å²) < 4.78 is 15.1. The third-order valence-electron chi connectivity index (χ3n) is 2.58. The van der Waals surface area contributed by atoms with E-state index in [-0.39, 0.29) is 13.2 Å². The van der Waals surface area contributed by atoms with Gasteiger partial charge in [0.15, 0.2) is 5.92 Å². The molecule has 0 fully saturated rings. The van der Waals surface area contributed by atoms with Gasteiger partial charge in [-0.3, -0.25) is 14.6 Å². The lowest BCUT2D eigenvalue weighted by atomic mass is 10.1. The summed E-state index contributed by atoms with van der Waals surface area (Å²) in [6.45, 7) is 6.13. The SMILES string of the molecule is CCOC(=O)C(C=Nc1cccc(OCC)c1)C(=O)OCC. The molecule has 0 aliphatic heterocycles. The minimum atomic E-state index is -1.17. The number of hydrogen-bond acceptors (Lipinski definition) is 6. The molecule has 0 N–H and O–H groups in total. The molecule has 22 heavy (non-hydrogen) atoms. The van der Waals surface area contributed by atoms with Gasteiger partial charge >= 0.3 is 11.9 Å². The molecule has 0 atom stereocenters. The second-order valence-electron chi connectivity index (χ2n) is 4.19. The van der Waals surface area contributed by atoms with Crippen molar-refractivity contribution in [3.8, 4) is 5.75 Å². The molecule has 0 heterocycles. The van der Waals surface area contributed by atoms with E-state index in [1.807, 2.05) is 6.92 Å². The zero-order valence-corrected chi connectivity index (χ0v) is 13.1. The molecule has 0 saturated carbocycles. The van der Waals surface area contributed by atoms with E-state index in [1.165, 1.54) is 6.21 Å². The highest BCUT2D eigenvalue weighted by molar-refractivity contribution is 6.09. The highest BCUT2D eigenvalue weighted by atomic mass is 16.6. The monoisotopic (exact) mass is 307 g/mol. The Hall–Kier alpha value is -2.37. The molecule has 0 aliphatic rings. The van der Waals surface area contributed by atoms with Crippen LogP contribution < -0.4 is 4.74 Å². The van der Waals surface area contributed by atoms with Gasteiger partial charge in [0, 0.05) is 12.3 Å². The van der Waals surface area contributed by atoms with Crippen molar-refractivity contribution in [3.63, 3.8) is 0 Å². The maximum absolute atomic E-state index is 11.8. The van der Waals surface area contributed by atoms with E-state index in [0.717, 1.165) is 0 Å². The van der Waals surface area contributed by atoms with Gasteiger partial charge in [-0.15, -0.1) is 0 Å². The first-order valence-corrected chi connectivity index (χ1v) is 7.22. The van der Waals surface area contributed by atoms with E-state index < -0.39 is 17.9 Å². The summed E-state index contributed by atoms with van der Waals surface area (Å²) in [6.07, 6.45) is 1.24. The van der Waals surface area contributed by atoms with Gasteiger partial charge in [-0.05, 0) is 32.9 Å². The van der Waals surface area contributed by atoms with Crippen molar-refractivity contribution in [1.29, 1.82) is 0 Å². The number of ether oxygens (including phenoxy) is 3. The Balaban J connectivity index is 2.89. The second kappa shape index (κ2) is 9.55. The molecule has 0 aliphatic carbocycles. The van der Waals surface area contributed by atoms with Crippen LogP contribution in [0.2, 0.25) is 0 Å². The van der Waals surface area contributed by atoms with Crippen LogP contribution in [0, 0.1) is 5.92 Å². The summed E-state index contributed by atoms with van der Waals surface area (Å²) in [6, 6.07) is 7.04. The molecule has 0 amide bonds. The minimum Gasteiger partial charge on any atom is -0.494 e. The van der Waals surface area contributed by atoms with Gasteiger partial charge in [0.25, 0.3) is 0 Å². The number of nitrogens with zero attached hydrogens (tertiary/aromatic N) is 1. The zero-order valence-electron chi connectivity index (χ0n) is 13.1. The van der Waals surface area contributed by atoms with Gasteiger partial charge in [-0.1, -0.05) is 6.07 Å². The van der Waals surface area contributed by atoms with Crippen LogP contribution >= 0.6 is 0 Å². The van der Waals surface area contributed by atoms with Crippen LogP contribution in [0.1, 0.15) is 20.8 Å². The smallest absolute Gasteiger partial charge is 0.325 e. The van der Waals surface area contributed by atoms with Crippen molar-refractivity contribution >= 4 is 23.8 Å². The lowest BCUT2D eigenvalue weighted by molar-refractivity contribution is -0.157. The molecular weight excluding hydrogens is 286 g/mol. The number of benzene rings is 1. The molecular formula is C16H21NO5. The fourth-order valence-electron chi connectivity index (χ4n) is 1.66. The number of aliphatic imine (C=N–C) groups is 1. The largest absolute Gasteiger partial charge is 0.494 e. The predicted octanol–water partition coefficient (Wildman–Crippen LogP) is 2.53. The van der Waals surface area contributed by atoms with Gasteiger partial charge < -0.3 is 14.2 Å². The molecule has 6 nitrogen and oxygen atoms in total. The lowest BCUT2D eigenvalue weighted by Crippen LogP contribution is -2.29. The van der Waals surface area contributed by atoms with Crippen LogP contribution in [0.3, 0.4) is 0 Å². The number of esters is 2. The van der Waals surface area contributed by atoms with Crippen molar-refractivity contribution in [2.24, 2.45) is 10.9 Å². The predicted molar refractivity (Wildman–Crippen MR) is 82.5 cm³/mol. The third-order valence-corrected chi connectivity index (χ3v) is 2.58. The van der Waals surface area contributed by atoms with Crippen LogP contribution in [0.25, 0.3) is 0 Å². The van der Waals surface area contributed by atoms with Gasteiger partial charge in [0.1, 0.15) is 5.75 Å². The number of rotatable bonds is 8. The molecule has 0 bridgehead atoms. The first kappa shape index (κ1) is 17.7. The number of carbonyl (C=O) groups is 2. The fourth-order valence-corrected chi connectivity index (χ4v) is 1.66. The quantitative estimate of drug-likeness (QED) is 0.419. The van der Waals surface area contributed by atoms with E-state index in [2.05, 4.69) is 4.99 Å². The molecule has 0 radical (unpaired) electrons. The molecule has 0 unspecified atom stereocenters. The van der Waals surface area contributed by atoms with Crippen LogP contribution in [-0.4, -0.2) is 38.0 Å². The van der Waals surface area contributed by atoms with Crippen molar-refractivity contribution < 1.29 is 23.8 Å². The summed E-state index contributed by atoms with van der Waals surface area (Å²) in [5.41, 5.74) is 0.574. The summed E-state index contributed by atoms with van der Waals surface area (Å²) >= 11 is 0. The average molecular weight is 307 g/mol. The van der Waals surface area contributed by atoms with Crippen LogP contribution in [0.5, 0.6) is 5.75 Å². The average Bonchev–Trinajstić information content (AvgIpc) is 2.49. The van der Waals surface area contributed by atoms with Crippen molar-refractivity contribution in [1.82, 2.24) is 0 Å². The van der Waals surface area contributed by atoms with Crippen LogP contribution in [0.4, 0.5) is 5.69 Å². The number of hydrogen-bond donors (Lipinski definition) is 0. The van der Waals surface area contributed by atoms with E-state index in [0.29, 0.717) is 18.0 Å². The molecule has 1 rings (SSSR count). The normalized spacial score (nSPS) is 10.7. The Kier molecular flexibility index (Phi) is 7.67. The van der Waals surface area contributed by atoms with E-state index in [1.54, 1.807) is 38.1 Å². The van der Waals surface area contributed by atoms with Gasteiger partial charge in [0.2, 0.25) is 0 Å². The lowest BCUT2D eigenvalue weighted by Gasteiger charge is -2.10. The Morgan fingerprint density at radius 2 is 1.73 bits per heavy atom. The maximum atomic E-state index is 11.8. The van der Waals surface area contributed by atoms with Crippen LogP contribution in [-0.2, 0) is 19.1 Å². The molecule has 6 heteroatoms. The molecule has 0 spiro atoms. The van der Waals surface area contributed by atoms with Crippen LogP contribution in [0.15, 0.2) is 29.3 Å². The highest BCUT2D eigenvalue weighted by Gasteiger charge is 2.27. The van der Waals surface area contributed by atoms with E-state index in [9.17, 15) is 9.59 Å². The second-order valence-corrected chi connectivity index (χ2v) is 4.19. The van der Waals surface area contributed by atoms with Crippen molar-refractivity contribution in [3.05, 3.63) is 24.3 Å². The Morgan fingerprint density at radius 1 is 1.09 bits per heavy atom. The maximum Gasteiger partial charge on any atom is 0.325 e. The van der Waals surface area contributed by atoms with E-state index in [4.69, 9.17) is 14.2 Å². The van der Waals surface area contributed by atoms with Gasteiger partial charge in [-0.2, -0.15) is 0 Å². The Morgan fingerprint density at radius 3 is 2.27 bits per heavy atom. The molecule has 0 aromatic heterocycles. The first-order chi connectivity index (χ1) is 10.6. The Labute approximate surface area is 130 Å². The summed E-state index contributed by atoms with van der Waals surface area (Å²) in [4.78, 5) is 27.8. The highest BCUT2D eigenvalue weighted by Crippen LogP contribution is 2.20. The van der Waals surface area contributed by atoms with Crippen molar-refractivity contribution in [2.75, 3.05) is 19.8 Å². The molecule has 1 aromatic rings.